The molecule has 1 aliphatic carbocycles. The Hall–Kier alpha value is -0.580. The summed E-state index contributed by atoms with van der Waals surface area (Å²) in [5.41, 5.74) is -0.241. The van der Waals surface area contributed by atoms with Gasteiger partial charge in [-0.3, -0.25) is 4.79 Å². The molecule has 2 fully saturated rings. The maximum Gasteiger partial charge on any atom is 0.223 e. The normalized spacial score (nSPS) is 29.5. The van der Waals surface area contributed by atoms with Crippen LogP contribution in [0, 0.1) is 11.3 Å². The molecule has 110 valence electrons. The van der Waals surface area contributed by atoms with Gasteiger partial charge in [0.25, 0.3) is 0 Å². The van der Waals surface area contributed by atoms with Gasteiger partial charge >= 0.3 is 0 Å². The number of carbonyl (C=O) groups excluding carboxylic acids is 1. The predicted molar refractivity (Wildman–Crippen MR) is 75.6 cm³/mol. The van der Waals surface area contributed by atoms with E-state index in [9.17, 15) is 13.2 Å². The lowest BCUT2D eigenvalue weighted by Crippen LogP contribution is -2.37. The molecule has 1 amide bonds. The summed E-state index contributed by atoms with van der Waals surface area (Å²) in [5.74, 6) is 0.905. The highest BCUT2D eigenvalue weighted by molar-refractivity contribution is 7.90. The smallest absolute Gasteiger partial charge is 0.223 e. The molecule has 0 bridgehead atoms. The fourth-order valence-corrected chi connectivity index (χ4v) is 4.87. The Morgan fingerprint density at radius 2 is 2.00 bits per heavy atom. The maximum atomic E-state index is 12.4. The van der Waals surface area contributed by atoms with Gasteiger partial charge in [0.05, 0.1) is 5.75 Å². The van der Waals surface area contributed by atoms with Gasteiger partial charge in [-0.15, -0.1) is 0 Å². The summed E-state index contributed by atoms with van der Waals surface area (Å²) in [4.78, 5) is 14.4. The van der Waals surface area contributed by atoms with Gasteiger partial charge in [0, 0.05) is 25.3 Å². The Kier molecular flexibility index (Phi) is 3.96. The van der Waals surface area contributed by atoms with Crippen molar-refractivity contribution in [3.05, 3.63) is 0 Å². The van der Waals surface area contributed by atoms with Crippen LogP contribution in [0.3, 0.4) is 0 Å². The fourth-order valence-electron chi connectivity index (χ4n) is 3.37. The summed E-state index contributed by atoms with van der Waals surface area (Å²) >= 11 is 0. The van der Waals surface area contributed by atoms with E-state index in [1.165, 1.54) is 6.26 Å². The van der Waals surface area contributed by atoms with E-state index < -0.39 is 9.84 Å². The highest BCUT2D eigenvalue weighted by atomic mass is 32.2. The first-order valence-corrected chi connectivity index (χ1v) is 9.28. The lowest BCUT2D eigenvalue weighted by Gasteiger charge is -2.26. The average molecular weight is 287 g/mol. The number of likely N-dealkylation sites (tertiary alicyclic amines) is 1. The number of nitrogens with zero attached hydrogens (tertiary/aromatic N) is 1. The Labute approximate surface area is 116 Å². The molecule has 1 saturated heterocycles. The second kappa shape index (κ2) is 5.08. The molecule has 2 atom stereocenters. The van der Waals surface area contributed by atoms with E-state index in [4.69, 9.17) is 0 Å². The Morgan fingerprint density at radius 1 is 1.37 bits per heavy atom. The molecule has 5 heteroatoms. The van der Waals surface area contributed by atoms with E-state index in [1.807, 2.05) is 4.90 Å². The van der Waals surface area contributed by atoms with Gasteiger partial charge in [0.15, 0.2) is 0 Å². The van der Waals surface area contributed by atoms with Gasteiger partial charge in [-0.25, -0.2) is 8.42 Å². The lowest BCUT2D eigenvalue weighted by atomic mass is 10.0. The minimum atomic E-state index is -2.99. The SMILES string of the molecule is CC[C@@H]1C[C@H](C)CN1C(=O)CC1(CS(C)(=O)=O)CC1. The molecular weight excluding hydrogens is 262 g/mol. The van der Waals surface area contributed by atoms with Crippen LogP contribution in [0.5, 0.6) is 0 Å². The van der Waals surface area contributed by atoms with Crippen molar-refractivity contribution in [1.29, 1.82) is 0 Å². The van der Waals surface area contributed by atoms with Crippen molar-refractivity contribution in [3.63, 3.8) is 0 Å². The van der Waals surface area contributed by atoms with Crippen LogP contribution < -0.4 is 0 Å². The standard InChI is InChI=1S/C14H25NO3S/c1-4-12-7-11(2)9-15(12)13(16)8-14(5-6-14)10-19(3,17)18/h11-12H,4-10H2,1-3H3/t11-,12+/m0/s1. The Balaban J connectivity index is 1.98. The van der Waals surface area contributed by atoms with Crippen LogP contribution in [0.1, 0.15) is 46.0 Å². The predicted octanol–water partition coefficient (Wildman–Crippen LogP) is 1.85. The van der Waals surface area contributed by atoms with Crippen LogP contribution in [0.15, 0.2) is 0 Å². The molecule has 0 spiro atoms. The average Bonchev–Trinajstić information content (AvgIpc) is 2.87. The van der Waals surface area contributed by atoms with Gasteiger partial charge in [-0.1, -0.05) is 13.8 Å². The van der Waals surface area contributed by atoms with Crippen LogP contribution in [-0.4, -0.2) is 43.8 Å². The molecule has 4 nitrogen and oxygen atoms in total. The summed E-state index contributed by atoms with van der Waals surface area (Å²) in [6.45, 7) is 5.14. The Bertz CT molecular complexity index is 453. The third kappa shape index (κ3) is 3.71. The van der Waals surface area contributed by atoms with Crippen molar-refractivity contribution in [3.8, 4) is 0 Å². The highest BCUT2D eigenvalue weighted by Crippen LogP contribution is 2.50. The van der Waals surface area contributed by atoms with Crippen molar-refractivity contribution in [2.75, 3.05) is 18.6 Å². The monoisotopic (exact) mass is 287 g/mol. The molecule has 0 N–H and O–H groups in total. The molecule has 0 radical (unpaired) electrons. The van der Waals surface area contributed by atoms with E-state index in [-0.39, 0.29) is 17.1 Å². The van der Waals surface area contributed by atoms with Crippen LogP contribution in [-0.2, 0) is 14.6 Å². The third-order valence-corrected chi connectivity index (χ3v) is 5.60. The van der Waals surface area contributed by atoms with Gasteiger partial charge in [-0.05, 0) is 37.0 Å². The lowest BCUT2D eigenvalue weighted by molar-refractivity contribution is -0.133. The molecule has 19 heavy (non-hydrogen) atoms. The van der Waals surface area contributed by atoms with Crippen LogP contribution in [0.2, 0.25) is 0 Å². The highest BCUT2D eigenvalue weighted by Gasteiger charge is 2.48. The van der Waals surface area contributed by atoms with Crippen LogP contribution in [0.4, 0.5) is 0 Å². The molecule has 0 aromatic carbocycles. The fraction of sp³-hybridized carbons (Fsp3) is 0.929. The summed E-state index contributed by atoms with van der Waals surface area (Å²) in [7, 11) is -2.99. The van der Waals surface area contributed by atoms with Crippen molar-refractivity contribution in [2.45, 2.75) is 52.0 Å². The van der Waals surface area contributed by atoms with E-state index in [0.717, 1.165) is 32.2 Å². The first kappa shape index (κ1) is 14.8. The molecule has 0 aromatic heterocycles. The zero-order valence-electron chi connectivity index (χ0n) is 12.2. The number of amides is 1. The van der Waals surface area contributed by atoms with Crippen LogP contribution >= 0.6 is 0 Å². The number of sulfone groups is 1. The Morgan fingerprint density at radius 3 is 2.47 bits per heavy atom. The zero-order chi connectivity index (χ0) is 14.3. The van der Waals surface area contributed by atoms with E-state index >= 15 is 0 Å². The van der Waals surface area contributed by atoms with Gasteiger partial charge in [0.1, 0.15) is 9.84 Å². The first-order chi connectivity index (χ1) is 8.75. The van der Waals surface area contributed by atoms with E-state index in [0.29, 0.717) is 18.4 Å². The molecule has 1 heterocycles. The van der Waals surface area contributed by atoms with Crippen molar-refractivity contribution < 1.29 is 13.2 Å². The molecule has 2 aliphatic rings. The largest absolute Gasteiger partial charge is 0.339 e. The minimum Gasteiger partial charge on any atom is -0.339 e. The first-order valence-electron chi connectivity index (χ1n) is 7.22. The van der Waals surface area contributed by atoms with Gasteiger partial charge in [0.2, 0.25) is 5.91 Å². The number of hydrogen-bond donors (Lipinski definition) is 0. The molecule has 1 saturated carbocycles. The second-order valence-corrected chi connectivity index (χ2v) is 8.84. The molecule has 1 aliphatic heterocycles. The molecule has 0 aromatic rings. The summed E-state index contributed by atoms with van der Waals surface area (Å²) in [6, 6.07) is 0.358. The van der Waals surface area contributed by atoms with E-state index in [1.54, 1.807) is 0 Å². The third-order valence-electron chi connectivity index (χ3n) is 4.47. The molecule has 0 unspecified atom stereocenters. The topological polar surface area (TPSA) is 54.5 Å². The second-order valence-electron chi connectivity index (χ2n) is 6.70. The van der Waals surface area contributed by atoms with Crippen molar-refractivity contribution >= 4 is 15.7 Å². The summed E-state index contributed by atoms with van der Waals surface area (Å²) < 4.78 is 22.9. The maximum absolute atomic E-state index is 12.4. The van der Waals surface area contributed by atoms with E-state index in [2.05, 4.69) is 13.8 Å². The summed E-state index contributed by atoms with van der Waals surface area (Å²) in [6.07, 6.45) is 5.53. The van der Waals surface area contributed by atoms with Crippen LogP contribution in [0.25, 0.3) is 0 Å². The van der Waals surface area contributed by atoms with Crippen molar-refractivity contribution in [2.24, 2.45) is 11.3 Å². The summed E-state index contributed by atoms with van der Waals surface area (Å²) in [5, 5.41) is 0. The van der Waals surface area contributed by atoms with Crippen molar-refractivity contribution in [1.82, 2.24) is 4.90 Å². The quantitative estimate of drug-likeness (QED) is 0.775. The number of carbonyl (C=O) groups is 1. The molecule has 2 rings (SSSR count). The van der Waals surface area contributed by atoms with Gasteiger partial charge in [-0.2, -0.15) is 0 Å². The number of rotatable bonds is 5. The zero-order valence-corrected chi connectivity index (χ0v) is 13.0. The minimum absolute atomic E-state index is 0.164. The number of hydrogen-bond acceptors (Lipinski definition) is 3. The molecular formula is C14H25NO3S. The van der Waals surface area contributed by atoms with Gasteiger partial charge < -0.3 is 4.90 Å².